The van der Waals surface area contributed by atoms with Crippen molar-refractivity contribution in [3.05, 3.63) is 104 Å². The maximum atomic E-state index is 12.3. The molecule has 34 heavy (non-hydrogen) atoms. The first-order chi connectivity index (χ1) is 16.4. The van der Waals surface area contributed by atoms with Gasteiger partial charge < -0.3 is 19.9 Å². The lowest BCUT2D eigenvalue weighted by Crippen LogP contribution is -2.21. The zero-order chi connectivity index (χ0) is 24.2. The molecule has 10 heteroatoms. The smallest absolute Gasteiger partial charge is 0.349 e. The Morgan fingerprint density at radius 1 is 1.18 bits per heavy atom. The van der Waals surface area contributed by atoms with Crippen LogP contribution in [0.3, 0.4) is 0 Å². The lowest BCUT2D eigenvalue weighted by Gasteiger charge is -2.26. The van der Waals surface area contributed by atoms with Crippen LogP contribution in [-0.4, -0.2) is 17.5 Å². The van der Waals surface area contributed by atoms with Crippen LogP contribution in [0.15, 0.2) is 78.2 Å². The Morgan fingerprint density at radius 2 is 1.97 bits per heavy atom. The number of nitrogens with two attached hydrogens (primary N) is 1. The summed E-state index contributed by atoms with van der Waals surface area (Å²) in [5, 5.41) is 21.2. The highest BCUT2D eigenvalue weighted by Crippen LogP contribution is 2.43. The fourth-order valence-corrected chi connectivity index (χ4v) is 3.75. The monoisotopic (exact) mass is 477 g/mol. The zero-order valence-electron chi connectivity index (χ0n) is 17.4. The molecule has 0 aliphatic carbocycles. The fourth-order valence-electron chi connectivity index (χ4n) is 3.56. The molecule has 0 bridgehead atoms. The summed E-state index contributed by atoms with van der Waals surface area (Å²) in [4.78, 5) is 22.7. The molecule has 0 aromatic heterocycles. The van der Waals surface area contributed by atoms with Crippen molar-refractivity contribution in [1.82, 2.24) is 0 Å². The second-order valence-corrected chi connectivity index (χ2v) is 7.60. The van der Waals surface area contributed by atoms with E-state index in [0.29, 0.717) is 16.3 Å². The van der Waals surface area contributed by atoms with Crippen molar-refractivity contribution < 1.29 is 23.9 Å². The molecular formula is C24H16ClN3O6. The van der Waals surface area contributed by atoms with Crippen LogP contribution in [0.25, 0.3) is 0 Å². The fraction of sp³-hybridized carbons (Fsp3) is 0.0833. The highest BCUT2D eigenvalue weighted by Gasteiger charge is 2.31. The number of ether oxygens (including phenoxy) is 3. The second-order valence-electron chi connectivity index (χ2n) is 7.17. The third-order valence-corrected chi connectivity index (χ3v) is 5.25. The van der Waals surface area contributed by atoms with E-state index >= 15 is 0 Å². The van der Waals surface area contributed by atoms with Gasteiger partial charge in [-0.25, -0.2) is 4.79 Å². The van der Waals surface area contributed by atoms with Crippen LogP contribution in [0.4, 0.5) is 5.69 Å². The van der Waals surface area contributed by atoms with Crippen molar-refractivity contribution in [1.29, 1.82) is 5.26 Å². The number of nitro groups is 1. The van der Waals surface area contributed by atoms with Crippen molar-refractivity contribution >= 4 is 23.3 Å². The molecule has 0 saturated heterocycles. The summed E-state index contributed by atoms with van der Waals surface area (Å²) in [6.07, 6.45) is 0. The maximum Gasteiger partial charge on any atom is 0.349 e. The van der Waals surface area contributed by atoms with Gasteiger partial charge in [0, 0.05) is 22.7 Å². The zero-order valence-corrected chi connectivity index (χ0v) is 18.2. The van der Waals surface area contributed by atoms with E-state index in [1.807, 2.05) is 6.07 Å². The van der Waals surface area contributed by atoms with Crippen LogP contribution in [0, 0.1) is 21.4 Å². The number of carbonyl (C=O) groups excluding carboxylic acids is 1. The Kier molecular flexibility index (Phi) is 6.34. The molecule has 1 heterocycles. The van der Waals surface area contributed by atoms with E-state index in [1.54, 1.807) is 36.4 Å². The average molecular weight is 478 g/mol. The van der Waals surface area contributed by atoms with Gasteiger partial charge in [-0.3, -0.25) is 10.1 Å². The van der Waals surface area contributed by atoms with Crippen LogP contribution >= 0.6 is 11.6 Å². The number of benzene rings is 3. The minimum Gasteiger partial charge on any atom is -0.475 e. The summed E-state index contributed by atoms with van der Waals surface area (Å²) >= 11 is 6.13. The first kappa shape index (κ1) is 22.6. The molecule has 9 nitrogen and oxygen atoms in total. The lowest BCUT2D eigenvalue weighted by atomic mass is 9.83. The van der Waals surface area contributed by atoms with Gasteiger partial charge in [-0.1, -0.05) is 41.9 Å². The number of hydrogen-bond acceptors (Lipinski definition) is 8. The number of nitrogens with zero attached hydrogens (tertiary/aromatic N) is 2. The number of nitriles is 1. The molecule has 1 aliphatic rings. The van der Waals surface area contributed by atoms with Crippen molar-refractivity contribution in [3.63, 3.8) is 0 Å². The van der Waals surface area contributed by atoms with Crippen molar-refractivity contribution in [2.45, 2.75) is 5.92 Å². The van der Waals surface area contributed by atoms with Crippen LogP contribution in [0.5, 0.6) is 17.2 Å². The summed E-state index contributed by atoms with van der Waals surface area (Å²) in [7, 11) is 0. The molecule has 0 spiro atoms. The first-order valence-corrected chi connectivity index (χ1v) is 10.3. The van der Waals surface area contributed by atoms with Crippen LogP contribution in [0.1, 0.15) is 17.0 Å². The number of hydrogen-bond donors (Lipinski definition) is 1. The van der Waals surface area contributed by atoms with Crippen LogP contribution in [-0.2, 0) is 4.79 Å². The molecule has 0 radical (unpaired) electrons. The van der Waals surface area contributed by atoms with Gasteiger partial charge in [0.05, 0.1) is 10.8 Å². The van der Waals surface area contributed by atoms with Gasteiger partial charge in [0.2, 0.25) is 5.88 Å². The number of fused-ring (bicyclic) bond motifs is 1. The van der Waals surface area contributed by atoms with Gasteiger partial charge in [-0.2, -0.15) is 5.26 Å². The molecule has 2 N–H and O–H groups in total. The van der Waals surface area contributed by atoms with Crippen LogP contribution < -0.4 is 19.9 Å². The Morgan fingerprint density at radius 3 is 2.71 bits per heavy atom. The van der Waals surface area contributed by atoms with Crippen molar-refractivity contribution in [2.75, 3.05) is 6.61 Å². The topological polar surface area (TPSA) is 138 Å². The standard InChI is InChI=1S/C24H16ClN3O6/c25-15-5-3-4-14(10-15)23-17-9-8-16(11-21(17)34-24(27)18(23)12-26)33-22(29)13-32-20-7-2-1-6-19(20)28(30)31/h1-11,23H,13,27H2. The maximum absolute atomic E-state index is 12.3. The van der Waals surface area contributed by atoms with Gasteiger partial charge in [0.1, 0.15) is 23.1 Å². The molecule has 3 aromatic carbocycles. The van der Waals surface area contributed by atoms with Gasteiger partial charge in [0.15, 0.2) is 12.4 Å². The predicted molar refractivity (Wildman–Crippen MR) is 121 cm³/mol. The lowest BCUT2D eigenvalue weighted by molar-refractivity contribution is -0.385. The van der Waals surface area contributed by atoms with E-state index < -0.39 is 23.4 Å². The van der Waals surface area contributed by atoms with Crippen molar-refractivity contribution in [3.8, 4) is 23.3 Å². The number of para-hydroxylation sites is 2. The largest absolute Gasteiger partial charge is 0.475 e. The van der Waals surface area contributed by atoms with E-state index in [1.165, 1.54) is 24.3 Å². The number of nitro benzene ring substituents is 1. The van der Waals surface area contributed by atoms with Gasteiger partial charge in [0.25, 0.3) is 0 Å². The van der Waals surface area contributed by atoms with E-state index in [-0.39, 0.29) is 28.6 Å². The third kappa shape index (κ3) is 4.62. The van der Waals surface area contributed by atoms with Gasteiger partial charge in [-0.05, 0) is 29.8 Å². The Bertz CT molecular complexity index is 1360. The molecule has 0 amide bonds. The SMILES string of the molecule is N#CC1=C(N)Oc2cc(OC(=O)COc3ccccc3[N+](=O)[O-])ccc2C1c1cccc(Cl)c1. The number of rotatable bonds is 6. The second kappa shape index (κ2) is 9.52. The molecular weight excluding hydrogens is 462 g/mol. The van der Waals surface area contributed by atoms with E-state index in [2.05, 4.69) is 6.07 Å². The normalized spacial score (nSPS) is 14.4. The molecule has 4 rings (SSSR count). The average Bonchev–Trinajstić information content (AvgIpc) is 2.82. The van der Waals surface area contributed by atoms with Crippen LogP contribution in [0.2, 0.25) is 5.02 Å². The quantitative estimate of drug-likeness (QED) is 0.238. The highest BCUT2D eigenvalue weighted by molar-refractivity contribution is 6.30. The van der Waals surface area contributed by atoms with E-state index in [9.17, 15) is 20.2 Å². The van der Waals surface area contributed by atoms with E-state index in [0.717, 1.165) is 5.56 Å². The summed E-state index contributed by atoms with van der Waals surface area (Å²) in [5.74, 6) is -0.951. The van der Waals surface area contributed by atoms with E-state index in [4.69, 9.17) is 31.5 Å². The Hall–Kier alpha value is -4.55. The predicted octanol–water partition coefficient (Wildman–Crippen LogP) is 4.45. The number of esters is 1. The number of carbonyl (C=O) groups is 1. The first-order valence-electron chi connectivity index (χ1n) is 9.91. The molecule has 1 unspecified atom stereocenters. The number of halogens is 1. The molecule has 170 valence electrons. The summed E-state index contributed by atoms with van der Waals surface area (Å²) < 4.78 is 16.2. The summed E-state index contributed by atoms with van der Waals surface area (Å²) in [5.41, 5.74) is 7.35. The third-order valence-electron chi connectivity index (χ3n) is 5.01. The van der Waals surface area contributed by atoms with Crippen molar-refractivity contribution in [2.24, 2.45) is 5.73 Å². The van der Waals surface area contributed by atoms with Gasteiger partial charge in [-0.15, -0.1) is 0 Å². The van der Waals surface area contributed by atoms with Gasteiger partial charge >= 0.3 is 11.7 Å². The molecule has 1 aliphatic heterocycles. The minimum atomic E-state index is -0.776. The number of allylic oxidation sites excluding steroid dienone is 1. The molecule has 1 atom stereocenters. The minimum absolute atomic E-state index is 0.0514. The molecule has 3 aromatic rings. The summed E-state index contributed by atoms with van der Waals surface area (Å²) in [6.45, 7) is -0.547. The molecule has 0 fully saturated rings. The molecule has 0 saturated carbocycles. The highest BCUT2D eigenvalue weighted by atomic mass is 35.5. The Labute approximate surface area is 198 Å². The summed E-state index contributed by atoms with van der Waals surface area (Å²) in [6, 6.07) is 19.5. The Balaban J connectivity index is 1.54.